The summed E-state index contributed by atoms with van der Waals surface area (Å²) >= 11 is 1.94. The highest BCUT2D eigenvalue weighted by Crippen LogP contribution is 2.32. The lowest BCUT2D eigenvalue weighted by Crippen LogP contribution is -2.13. The van der Waals surface area contributed by atoms with E-state index < -0.39 is 0 Å². The fourth-order valence-corrected chi connectivity index (χ4v) is 2.40. The van der Waals surface area contributed by atoms with Crippen molar-refractivity contribution in [1.29, 1.82) is 0 Å². The fraction of sp³-hybridized carbons (Fsp3) is 0.143. The van der Waals surface area contributed by atoms with Crippen LogP contribution in [0.25, 0.3) is 0 Å². The SMILES string of the molecule is Cc1ccccc1N(C)c1cc(F)c(I)cc1N. The number of benzene rings is 2. The van der Waals surface area contributed by atoms with Gasteiger partial charge in [-0.1, -0.05) is 18.2 Å². The van der Waals surface area contributed by atoms with Gasteiger partial charge in [-0.3, -0.25) is 0 Å². The van der Waals surface area contributed by atoms with E-state index in [1.54, 1.807) is 6.07 Å². The zero-order chi connectivity index (χ0) is 13.3. The van der Waals surface area contributed by atoms with E-state index in [1.807, 2.05) is 65.7 Å². The van der Waals surface area contributed by atoms with Crippen molar-refractivity contribution in [1.82, 2.24) is 0 Å². The van der Waals surface area contributed by atoms with Crippen LogP contribution in [-0.4, -0.2) is 7.05 Å². The van der Waals surface area contributed by atoms with Crippen LogP contribution in [0.4, 0.5) is 21.5 Å². The first-order valence-corrected chi connectivity index (χ1v) is 6.62. The Balaban J connectivity index is 2.50. The molecule has 0 unspecified atom stereocenters. The molecule has 0 heterocycles. The quantitative estimate of drug-likeness (QED) is 0.649. The number of hydrogen-bond donors (Lipinski definition) is 1. The number of nitrogen functional groups attached to an aromatic ring is 1. The third-order valence-electron chi connectivity index (χ3n) is 2.91. The van der Waals surface area contributed by atoms with Crippen LogP contribution in [0.2, 0.25) is 0 Å². The maximum atomic E-state index is 13.6. The molecule has 2 rings (SSSR count). The largest absolute Gasteiger partial charge is 0.397 e. The molecule has 0 aromatic heterocycles. The molecule has 0 spiro atoms. The van der Waals surface area contributed by atoms with Crippen molar-refractivity contribution in [3.63, 3.8) is 0 Å². The van der Waals surface area contributed by atoms with Crippen LogP contribution in [0, 0.1) is 16.3 Å². The Morgan fingerprint density at radius 3 is 2.50 bits per heavy atom. The number of aryl methyl sites for hydroxylation is 1. The maximum absolute atomic E-state index is 13.6. The number of halogens is 2. The predicted molar refractivity (Wildman–Crippen MR) is 82.8 cm³/mol. The summed E-state index contributed by atoms with van der Waals surface area (Å²) in [5.74, 6) is -0.250. The zero-order valence-electron chi connectivity index (χ0n) is 10.2. The Morgan fingerprint density at radius 1 is 1.17 bits per heavy atom. The average Bonchev–Trinajstić information content (AvgIpc) is 2.33. The van der Waals surface area contributed by atoms with Gasteiger partial charge in [0.05, 0.1) is 14.9 Å². The lowest BCUT2D eigenvalue weighted by molar-refractivity contribution is 0.620. The molecule has 0 aliphatic heterocycles. The number of para-hydroxylation sites is 1. The number of hydrogen-bond acceptors (Lipinski definition) is 2. The van der Waals surface area contributed by atoms with Gasteiger partial charge in [-0.2, -0.15) is 0 Å². The molecule has 0 saturated heterocycles. The molecule has 0 fully saturated rings. The van der Waals surface area contributed by atoms with Crippen molar-refractivity contribution < 1.29 is 4.39 Å². The first-order chi connectivity index (χ1) is 8.50. The summed E-state index contributed by atoms with van der Waals surface area (Å²) in [4.78, 5) is 1.91. The number of rotatable bonds is 2. The average molecular weight is 356 g/mol. The van der Waals surface area contributed by atoms with Gasteiger partial charge in [0.2, 0.25) is 0 Å². The van der Waals surface area contributed by atoms with Gasteiger partial charge in [-0.05, 0) is 47.2 Å². The highest BCUT2D eigenvalue weighted by molar-refractivity contribution is 14.1. The molecule has 94 valence electrons. The topological polar surface area (TPSA) is 29.3 Å². The molecular weight excluding hydrogens is 342 g/mol. The molecule has 4 heteroatoms. The van der Waals surface area contributed by atoms with Crippen molar-refractivity contribution >= 4 is 39.7 Å². The second-order valence-electron chi connectivity index (χ2n) is 4.17. The molecule has 2 aromatic rings. The molecule has 0 aliphatic rings. The van der Waals surface area contributed by atoms with Gasteiger partial charge in [0.1, 0.15) is 5.82 Å². The highest BCUT2D eigenvalue weighted by atomic mass is 127. The van der Waals surface area contributed by atoms with Crippen LogP contribution in [0.3, 0.4) is 0 Å². The van der Waals surface area contributed by atoms with E-state index in [-0.39, 0.29) is 5.82 Å². The summed E-state index contributed by atoms with van der Waals surface area (Å²) in [7, 11) is 1.89. The van der Waals surface area contributed by atoms with Gasteiger partial charge >= 0.3 is 0 Å². The minimum Gasteiger partial charge on any atom is -0.397 e. The Kier molecular flexibility index (Phi) is 3.75. The van der Waals surface area contributed by atoms with E-state index in [4.69, 9.17) is 5.73 Å². The normalized spacial score (nSPS) is 10.4. The summed E-state index contributed by atoms with van der Waals surface area (Å²) in [5, 5.41) is 0. The Morgan fingerprint density at radius 2 is 1.83 bits per heavy atom. The smallest absolute Gasteiger partial charge is 0.138 e. The number of nitrogens with zero attached hydrogens (tertiary/aromatic N) is 1. The van der Waals surface area contributed by atoms with E-state index in [1.165, 1.54) is 6.07 Å². The van der Waals surface area contributed by atoms with E-state index in [2.05, 4.69) is 0 Å². The fourth-order valence-electron chi connectivity index (χ4n) is 1.91. The number of anilines is 3. The molecule has 0 radical (unpaired) electrons. The molecule has 2 nitrogen and oxygen atoms in total. The van der Waals surface area contributed by atoms with Crippen LogP contribution in [0.1, 0.15) is 5.56 Å². The summed E-state index contributed by atoms with van der Waals surface area (Å²) < 4.78 is 14.2. The third-order valence-corrected chi connectivity index (χ3v) is 3.73. The first-order valence-electron chi connectivity index (χ1n) is 5.54. The monoisotopic (exact) mass is 356 g/mol. The van der Waals surface area contributed by atoms with E-state index in [0.29, 0.717) is 14.9 Å². The summed E-state index contributed by atoms with van der Waals surface area (Å²) in [6.07, 6.45) is 0. The minimum atomic E-state index is -0.250. The van der Waals surface area contributed by atoms with Crippen molar-refractivity contribution in [2.75, 3.05) is 17.7 Å². The zero-order valence-corrected chi connectivity index (χ0v) is 12.4. The molecule has 0 atom stereocenters. The Hall–Kier alpha value is -1.30. The summed E-state index contributed by atoms with van der Waals surface area (Å²) in [5.41, 5.74) is 9.37. The molecule has 0 amide bonds. The highest BCUT2D eigenvalue weighted by Gasteiger charge is 2.12. The van der Waals surface area contributed by atoms with Crippen LogP contribution >= 0.6 is 22.6 Å². The van der Waals surface area contributed by atoms with Crippen LogP contribution in [0.5, 0.6) is 0 Å². The molecular formula is C14H14FIN2. The molecule has 2 N–H and O–H groups in total. The van der Waals surface area contributed by atoms with Gasteiger partial charge in [0, 0.05) is 18.8 Å². The molecule has 2 aromatic carbocycles. The minimum absolute atomic E-state index is 0.250. The van der Waals surface area contributed by atoms with Crippen LogP contribution in [-0.2, 0) is 0 Å². The van der Waals surface area contributed by atoms with Crippen LogP contribution < -0.4 is 10.6 Å². The second kappa shape index (κ2) is 5.14. The Bertz CT molecular complexity index is 584. The van der Waals surface area contributed by atoms with E-state index in [0.717, 1.165) is 11.3 Å². The van der Waals surface area contributed by atoms with Crippen molar-refractivity contribution in [2.24, 2.45) is 0 Å². The molecule has 0 saturated carbocycles. The number of nitrogens with two attached hydrogens (primary N) is 1. The Labute approximate surface area is 120 Å². The van der Waals surface area contributed by atoms with Crippen molar-refractivity contribution in [3.05, 3.63) is 51.3 Å². The summed E-state index contributed by atoms with van der Waals surface area (Å²) in [6, 6.07) is 11.1. The van der Waals surface area contributed by atoms with Gasteiger partial charge in [-0.25, -0.2) is 4.39 Å². The van der Waals surface area contributed by atoms with Gasteiger partial charge in [-0.15, -0.1) is 0 Å². The molecule has 18 heavy (non-hydrogen) atoms. The van der Waals surface area contributed by atoms with E-state index >= 15 is 0 Å². The standard InChI is InChI=1S/C14H14FIN2/c1-9-5-3-4-6-13(9)18(2)14-7-10(15)11(16)8-12(14)17/h3-8H,17H2,1-2H3. The van der Waals surface area contributed by atoms with Crippen LogP contribution in [0.15, 0.2) is 36.4 Å². The van der Waals surface area contributed by atoms with Crippen molar-refractivity contribution in [2.45, 2.75) is 6.92 Å². The lowest BCUT2D eigenvalue weighted by atomic mass is 10.1. The second-order valence-corrected chi connectivity index (χ2v) is 5.33. The van der Waals surface area contributed by atoms with Gasteiger partial charge < -0.3 is 10.6 Å². The first kappa shape index (κ1) is 13.1. The summed E-state index contributed by atoms with van der Waals surface area (Å²) in [6.45, 7) is 2.02. The van der Waals surface area contributed by atoms with Crippen molar-refractivity contribution in [3.8, 4) is 0 Å². The van der Waals surface area contributed by atoms with Gasteiger partial charge in [0.25, 0.3) is 0 Å². The molecule has 0 bridgehead atoms. The van der Waals surface area contributed by atoms with E-state index in [9.17, 15) is 4.39 Å². The predicted octanol–water partition coefficient (Wildman–Crippen LogP) is 4.09. The lowest BCUT2D eigenvalue weighted by Gasteiger charge is -2.23. The van der Waals surface area contributed by atoms with Gasteiger partial charge in [0.15, 0.2) is 0 Å². The maximum Gasteiger partial charge on any atom is 0.138 e. The third kappa shape index (κ3) is 2.43. The molecule has 0 aliphatic carbocycles.